The first-order chi connectivity index (χ1) is 7.31. The van der Waals surface area contributed by atoms with E-state index in [1.54, 1.807) is 0 Å². The van der Waals surface area contributed by atoms with E-state index in [-0.39, 0.29) is 12.2 Å². The Kier molecular flexibility index (Phi) is 3.46. The van der Waals surface area contributed by atoms with Crippen molar-refractivity contribution < 1.29 is 9.53 Å². The summed E-state index contributed by atoms with van der Waals surface area (Å²) in [5.74, 6) is 0. The smallest absolute Gasteiger partial charge is 0.410 e. The highest BCUT2D eigenvalue weighted by Crippen LogP contribution is 2.27. The molecule has 0 spiro atoms. The standard InChI is InChI=1S/C11H20N2O2/c12-7-5-10-6-8-13(11(14)15-10)9-3-1-2-4-9/h9-10H,1-8,12H2. The molecule has 15 heavy (non-hydrogen) atoms. The minimum absolute atomic E-state index is 0.0557. The maximum absolute atomic E-state index is 11.7. The fourth-order valence-corrected chi connectivity index (χ4v) is 2.58. The second kappa shape index (κ2) is 4.84. The Morgan fingerprint density at radius 3 is 2.67 bits per heavy atom. The van der Waals surface area contributed by atoms with Gasteiger partial charge >= 0.3 is 6.09 Å². The molecule has 0 bridgehead atoms. The van der Waals surface area contributed by atoms with Crippen molar-refractivity contribution in [3.8, 4) is 0 Å². The van der Waals surface area contributed by atoms with E-state index < -0.39 is 0 Å². The summed E-state index contributed by atoms with van der Waals surface area (Å²) in [4.78, 5) is 13.6. The molecule has 2 N–H and O–H groups in total. The van der Waals surface area contributed by atoms with Gasteiger partial charge in [-0.2, -0.15) is 0 Å². The molecule has 2 rings (SSSR count). The molecular weight excluding hydrogens is 192 g/mol. The molecule has 0 aromatic carbocycles. The predicted octanol–water partition coefficient (Wildman–Crippen LogP) is 1.49. The fourth-order valence-electron chi connectivity index (χ4n) is 2.58. The SMILES string of the molecule is NCCC1CCN(C2CCCC2)C(=O)O1. The van der Waals surface area contributed by atoms with E-state index in [4.69, 9.17) is 10.5 Å². The molecule has 4 heteroatoms. The van der Waals surface area contributed by atoms with Crippen LogP contribution in [-0.4, -0.2) is 36.2 Å². The van der Waals surface area contributed by atoms with Gasteiger partial charge in [-0.25, -0.2) is 4.79 Å². The third kappa shape index (κ3) is 2.43. The molecule has 0 radical (unpaired) electrons. The van der Waals surface area contributed by atoms with E-state index in [1.165, 1.54) is 12.8 Å². The number of carbonyl (C=O) groups excluding carboxylic acids is 1. The number of nitrogens with zero attached hydrogens (tertiary/aromatic N) is 1. The van der Waals surface area contributed by atoms with E-state index in [1.807, 2.05) is 4.90 Å². The van der Waals surface area contributed by atoms with Crippen molar-refractivity contribution in [2.24, 2.45) is 5.73 Å². The Bertz CT molecular complexity index is 227. The second-order valence-corrected chi connectivity index (χ2v) is 4.50. The lowest BCUT2D eigenvalue weighted by molar-refractivity contribution is 0.00989. The Morgan fingerprint density at radius 1 is 1.33 bits per heavy atom. The van der Waals surface area contributed by atoms with Gasteiger partial charge in [0.15, 0.2) is 0 Å². The molecule has 1 atom stereocenters. The van der Waals surface area contributed by atoms with Crippen LogP contribution in [0.1, 0.15) is 38.5 Å². The summed E-state index contributed by atoms with van der Waals surface area (Å²) in [6.07, 6.45) is 6.48. The first kappa shape index (κ1) is 10.7. The number of hydrogen-bond donors (Lipinski definition) is 1. The summed E-state index contributed by atoms with van der Waals surface area (Å²) in [6.45, 7) is 1.45. The molecule has 4 nitrogen and oxygen atoms in total. The van der Waals surface area contributed by atoms with E-state index in [0.717, 1.165) is 32.2 Å². The van der Waals surface area contributed by atoms with Crippen molar-refractivity contribution in [3.05, 3.63) is 0 Å². The van der Waals surface area contributed by atoms with Crippen LogP contribution in [0.25, 0.3) is 0 Å². The molecule has 86 valence electrons. The number of rotatable bonds is 3. The van der Waals surface area contributed by atoms with Crippen LogP contribution in [0.5, 0.6) is 0 Å². The van der Waals surface area contributed by atoms with E-state index in [9.17, 15) is 4.79 Å². The van der Waals surface area contributed by atoms with Gasteiger partial charge in [0.05, 0.1) is 0 Å². The Morgan fingerprint density at radius 2 is 2.07 bits per heavy atom. The highest BCUT2D eigenvalue weighted by atomic mass is 16.6. The molecule has 1 saturated heterocycles. The zero-order chi connectivity index (χ0) is 10.7. The van der Waals surface area contributed by atoms with Gasteiger partial charge in [0, 0.05) is 19.0 Å². The topological polar surface area (TPSA) is 55.6 Å². The number of nitrogens with two attached hydrogens (primary N) is 1. The minimum Gasteiger partial charge on any atom is -0.446 e. The quantitative estimate of drug-likeness (QED) is 0.771. The minimum atomic E-state index is -0.119. The van der Waals surface area contributed by atoms with Gasteiger partial charge in [-0.15, -0.1) is 0 Å². The molecule has 1 unspecified atom stereocenters. The van der Waals surface area contributed by atoms with Crippen LogP contribution in [0.3, 0.4) is 0 Å². The summed E-state index contributed by atoms with van der Waals surface area (Å²) in [5, 5.41) is 0. The van der Waals surface area contributed by atoms with Crippen LogP contribution < -0.4 is 5.73 Å². The number of amides is 1. The van der Waals surface area contributed by atoms with Crippen LogP contribution >= 0.6 is 0 Å². The zero-order valence-electron chi connectivity index (χ0n) is 9.15. The van der Waals surface area contributed by atoms with Crippen LogP contribution in [0.15, 0.2) is 0 Å². The lowest BCUT2D eigenvalue weighted by Crippen LogP contribution is -2.47. The van der Waals surface area contributed by atoms with Crippen LogP contribution in [0.2, 0.25) is 0 Å². The van der Waals surface area contributed by atoms with Crippen LogP contribution in [0, 0.1) is 0 Å². The van der Waals surface area contributed by atoms with Crippen molar-refractivity contribution in [1.82, 2.24) is 4.90 Å². The summed E-state index contributed by atoms with van der Waals surface area (Å²) in [7, 11) is 0. The molecular formula is C11H20N2O2. The number of carbonyl (C=O) groups is 1. The highest BCUT2D eigenvalue weighted by molar-refractivity contribution is 5.69. The average Bonchev–Trinajstić information content (AvgIpc) is 2.71. The largest absolute Gasteiger partial charge is 0.446 e. The lowest BCUT2D eigenvalue weighted by atomic mass is 10.1. The second-order valence-electron chi connectivity index (χ2n) is 4.50. The molecule has 1 aliphatic heterocycles. The fraction of sp³-hybridized carbons (Fsp3) is 0.909. The van der Waals surface area contributed by atoms with Crippen LogP contribution in [0.4, 0.5) is 4.79 Å². The van der Waals surface area contributed by atoms with Crippen molar-refractivity contribution in [1.29, 1.82) is 0 Å². The molecule has 2 fully saturated rings. The first-order valence-electron chi connectivity index (χ1n) is 5.98. The van der Waals surface area contributed by atoms with Gasteiger partial charge in [0.25, 0.3) is 0 Å². The van der Waals surface area contributed by atoms with Gasteiger partial charge in [0.2, 0.25) is 0 Å². The van der Waals surface area contributed by atoms with E-state index in [0.29, 0.717) is 12.6 Å². The van der Waals surface area contributed by atoms with Gasteiger partial charge < -0.3 is 15.4 Å². The average molecular weight is 212 g/mol. The number of cyclic esters (lactones) is 1. The summed E-state index contributed by atoms with van der Waals surface area (Å²) >= 11 is 0. The molecule has 1 amide bonds. The molecule has 1 heterocycles. The molecule has 2 aliphatic rings. The first-order valence-corrected chi connectivity index (χ1v) is 5.98. The summed E-state index contributed by atoms with van der Waals surface area (Å²) in [6, 6.07) is 0.441. The van der Waals surface area contributed by atoms with Crippen molar-refractivity contribution in [3.63, 3.8) is 0 Å². The highest BCUT2D eigenvalue weighted by Gasteiger charge is 2.32. The van der Waals surface area contributed by atoms with Gasteiger partial charge in [-0.3, -0.25) is 0 Å². The predicted molar refractivity (Wildman–Crippen MR) is 57.5 cm³/mol. The molecule has 0 aromatic rings. The van der Waals surface area contributed by atoms with Crippen molar-refractivity contribution >= 4 is 6.09 Å². The third-order valence-corrected chi connectivity index (χ3v) is 3.45. The normalized spacial score (nSPS) is 28.2. The van der Waals surface area contributed by atoms with E-state index >= 15 is 0 Å². The maximum atomic E-state index is 11.7. The number of ether oxygens (including phenoxy) is 1. The molecule has 1 saturated carbocycles. The Labute approximate surface area is 90.8 Å². The number of hydrogen-bond acceptors (Lipinski definition) is 3. The Hall–Kier alpha value is -0.770. The Balaban J connectivity index is 1.86. The molecule has 1 aliphatic carbocycles. The van der Waals surface area contributed by atoms with Crippen molar-refractivity contribution in [2.45, 2.75) is 50.7 Å². The van der Waals surface area contributed by atoms with Gasteiger partial charge in [0.1, 0.15) is 6.10 Å². The summed E-state index contributed by atoms with van der Waals surface area (Å²) < 4.78 is 5.36. The van der Waals surface area contributed by atoms with Crippen molar-refractivity contribution in [2.75, 3.05) is 13.1 Å². The van der Waals surface area contributed by atoms with Gasteiger partial charge in [-0.05, 0) is 25.8 Å². The zero-order valence-corrected chi connectivity index (χ0v) is 9.15. The summed E-state index contributed by atoms with van der Waals surface area (Å²) in [5.41, 5.74) is 5.46. The third-order valence-electron chi connectivity index (χ3n) is 3.45. The van der Waals surface area contributed by atoms with Crippen LogP contribution in [-0.2, 0) is 4.74 Å². The lowest BCUT2D eigenvalue weighted by Gasteiger charge is -2.35. The monoisotopic (exact) mass is 212 g/mol. The van der Waals surface area contributed by atoms with Gasteiger partial charge in [-0.1, -0.05) is 12.8 Å². The maximum Gasteiger partial charge on any atom is 0.410 e. The molecule has 0 aromatic heterocycles. The van der Waals surface area contributed by atoms with E-state index in [2.05, 4.69) is 0 Å².